The highest BCUT2D eigenvalue weighted by atomic mass is 16.5. The van der Waals surface area contributed by atoms with Crippen molar-refractivity contribution in [2.75, 3.05) is 5.32 Å². The monoisotopic (exact) mass is 419 g/mol. The van der Waals surface area contributed by atoms with Crippen LogP contribution in [0.3, 0.4) is 0 Å². The zero-order valence-corrected chi connectivity index (χ0v) is 17.2. The third kappa shape index (κ3) is 4.09. The standard InChI is InChI=1S/C23H21N3O5/c1-13(21(28)15-5-8-17(9-6-15)24-14(2)27)31-23(30)16-7-10-18-19(12-16)25-20-4-3-11-26(20)22(18)29/h5-10,12-13H,3-4,11H2,1-2H3,(H,24,27)/t13-/m0/s1. The number of nitrogens with one attached hydrogen (secondary N) is 1. The molecule has 0 saturated carbocycles. The Hall–Kier alpha value is -3.81. The number of ketones is 1. The smallest absolute Gasteiger partial charge is 0.338 e. The number of ether oxygens (including phenoxy) is 1. The molecule has 8 heteroatoms. The zero-order chi connectivity index (χ0) is 22.1. The number of esters is 1. The number of amides is 1. The molecule has 1 N–H and O–H groups in total. The van der Waals surface area contributed by atoms with Gasteiger partial charge in [-0.15, -0.1) is 0 Å². The molecule has 0 fully saturated rings. The summed E-state index contributed by atoms with van der Waals surface area (Å²) in [7, 11) is 0. The number of carbonyl (C=O) groups excluding carboxylic acids is 3. The SMILES string of the molecule is CC(=O)Nc1ccc(C(=O)[C@H](C)OC(=O)c2ccc3c(=O)n4c(nc3c2)CCC4)cc1. The van der Waals surface area contributed by atoms with Crippen molar-refractivity contribution in [2.24, 2.45) is 0 Å². The molecular weight excluding hydrogens is 398 g/mol. The van der Waals surface area contributed by atoms with Gasteiger partial charge in [-0.05, 0) is 55.8 Å². The van der Waals surface area contributed by atoms with Gasteiger partial charge in [0.25, 0.3) is 5.56 Å². The van der Waals surface area contributed by atoms with Crippen LogP contribution < -0.4 is 10.9 Å². The number of Topliss-reactive ketones (excluding diaryl/α,β-unsaturated/α-hetero) is 1. The number of nitrogens with zero attached hydrogens (tertiary/aromatic N) is 2. The predicted octanol–water partition coefficient (Wildman–Crippen LogP) is 2.73. The van der Waals surface area contributed by atoms with Crippen LogP contribution in [0.2, 0.25) is 0 Å². The zero-order valence-electron chi connectivity index (χ0n) is 17.2. The summed E-state index contributed by atoms with van der Waals surface area (Å²) in [6, 6.07) is 10.9. The molecule has 0 radical (unpaired) electrons. The summed E-state index contributed by atoms with van der Waals surface area (Å²) in [6.45, 7) is 3.56. The van der Waals surface area contributed by atoms with E-state index in [1.54, 1.807) is 34.9 Å². The lowest BCUT2D eigenvalue weighted by atomic mass is 10.1. The fourth-order valence-electron chi connectivity index (χ4n) is 3.65. The molecule has 4 rings (SSSR count). The van der Waals surface area contributed by atoms with Crippen LogP contribution in [0.25, 0.3) is 10.9 Å². The average Bonchev–Trinajstić information content (AvgIpc) is 3.22. The number of fused-ring (bicyclic) bond motifs is 2. The number of rotatable bonds is 5. The quantitative estimate of drug-likeness (QED) is 0.503. The maximum Gasteiger partial charge on any atom is 0.338 e. The fourth-order valence-corrected chi connectivity index (χ4v) is 3.65. The van der Waals surface area contributed by atoms with Crippen molar-refractivity contribution in [3.63, 3.8) is 0 Å². The molecule has 0 saturated heterocycles. The van der Waals surface area contributed by atoms with E-state index in [1.165, 1.54) is 26.0 Å². The van der Waals surface area contributed by atoms with Gasteiger partial charge >= 0.3 is 5.97 Å². The van der Waals surface area contributed by atoms with Crippen LogP contribution in [-0.4, -0.2) is 33.3 Å². The lowest BCUT2D eigenvalue weighted by molar-refractivity contribution is -0.114. The van der Waals surface area contributed by atoms with Gasteiger partial charge in [-0.1, -0.05) is 0 Å². The Morgan fingerprint density at radius 2 is 1.81 bits per heavy atom. The van der Waals surface area contributed by atoms with Gasteiger partial charge in [-0.3, -0.25) is 19.0 Å². The molecule has 0 spiro atoms. The largest absolute Gasteiger partial charge is 0.451 e. The van der Waals surface area contributed by atoms with Crippen molar-refractivity contribution < 1.29 is 19.1 Å². The normalized spacial score (nSPS) is 13.5. The summed E-state index contributed by atoms with van der Waals surface area (Å²) < 4.78 is 7.01. The van der Waals surface area contributed by atoms with Crippen molar-refractivity contribution in [1.29, 1.82) is 0 Å². The Morgan fingerprint density at radius 1 is 1.10 bits per heavy atom. The number of aromatic nitrogens is 2. The molecule has 0 unspecified atom stereocenters. The van der Waals surface area contributed by atoms with Gasteiger partial charge in [0.1, 0.15) is 5.82 Å². The Bertz CT molecular complexity index is 1260. The second-order valence-corrected chi connectivity index (χ2v) is 7.49. The van der Waals surface area contributed by atoms with Crippen LogP contribution in [0.15, 0.2) is 47.3 Å². The van der Waals surface area contributed by atoms with E-state index in [4.69, 9.17) is 4.74 Å². The van der Waals surface area contributed by atoms with Crippen LogP contribution in [-0.2, 0) is 22.5 Å². The van der Waals surface area contributed by atoms with Crippen LogP contribution in [0.1, 0.15) is 46.8 Å². The van der Waals surface area contributed by atoms with Crippen LogP contribution in [0.4, 0.5) is 5.69 Å². The third-order valence-corrected chi connectivity index (χ3v) is 5.20. The minimum Gasteiger partial charge on any atom is -0.451 e. The molecule has 0 aliphatic carbocycles. The molecule has 2 heterocycles. The summed E-state index contributed by atoms with van der Waals surface area (Å²) in [5, 5.41) is 3.07. The van der Waals surface area contributed by atoms with Gasteiger partial charge in [0.15, 0.2) is 6.10 Å². The summed E-state index contributed by atoms with van der Waals surface area (Å²) in [4.78, 5) is 53.4. The molecule has 1 atom stereocenters. The molecule has 3 aromatic rings. The van der Waals surface area contributed by atoms with Crippen molar-refractivity contribution in [3.05, 3.63) is 69.8 Å². The molecule has 0 bridgehead atoms. The van der Waals surface area contributed by atoms with Gasteiger partial charge in [0.2, 0.25) is 11.7 Å². The van der Waals surface area contributed by atoms with E-state index in [0.717, 1.165) is 12.8 Å². The van der Waals surface area contributed by atoms with Gasteiger partial charge < -0.3 is 10.1 Å². The number of hydrogen-bond acceptors (Lipinski definition) is 6. The highest BCUT2D eigenvalue weighted by Gasteiger charge is 2.22. The summed E-state index contributed by atoms with van der Waals surface area (Å²) in [5.41, 5.74) is 1.49. The van der Waals surface area contributed by atoms with Crippen LogP contribution in [0, 0.1) is 0 Å². The Morgan fingerprint density at radius 3 is 2.52 bits per heavy atom. The fraction of sp³-hybridized carbons (Fsp3) is 0.261. The molecule has 8 nitrogen and oxygen atoms in total. The Balaban J connectivity index is 1.50. The van der Waals surface area contributed by atoms with Crippen molar-refractivity contribution in [1.82, 2.24) is 9.55 Å². The first kappa shape index (κ1) is 20.5. The molecule has 158 valence electrons. The third-order valence-electron chi connectivity index (χ3n) is 5.20. The minimum atomic E-state index is -1.01. The number of hydrogen-bond donors (Lipinski definition) is 1. The van der Waals surface area contributed by atoms with E-state index in [-0.39, 0.29) is 22.8 Å². The maximum atomic E-state index is 12.6. The predicted molar refractivity (Wildman–Crippen MR) is 114 cm³/mol. The number of carbonyl (C=O) groups is 3. The Labute approximate surface area is 177 Å². The van der Waals surface area contributed by atoms with E-state index in [1.807, 2.05) is 0 Å². The van der Waals surface area contributed by atoms with Crippen LogP contribution in [0.5, 0.6) is 0 Å². The van der Waals surface area contributed by atoms with Crippen LogP contribution >= 0.6 is 0 Å². The van der Waals surface area contributed by atoms with Gasteiger partial charge in [-0.2, -0.15) is 0 Å². The Kier molecular flexibility index (Phi) is 5.37. The molecular formula is C23H21N3O5. The first-order valence-electron chi connectivity index (χ1n) is 10.00. The molecule has 1 amide bonds. The average molecular weight is 419 g/mol. The molecule has 1 aromatic heterocycles. The lowest BCUT2D eigenvalue weighted by Crippen LogP contribution is -2.25. The second kappa shape index (κ2) is 8.14. The molecule has 2 aromatic carbocycles. The molecule has 1 aliphatic heterocycles. The van der Waals surface area contributed by atoms with E-state index in [2.05, 4.69) is 10.3 Å². The summed E-state index contributed by atoms with van der Waals surface area (Å²) in [6.07, 6.45) is 0.596. The van der Waals surface area contributed by atoms with E-state index in [9.17, 15) is 19.2 Å². The van der Waals surface area contributed by atoms with Crippen molar-refractivity contribution in [3.8, 4) is 0 Å². The lowest BCUT2D eigenvalue weighted by Gasteiger charge is -2.13. The van der Waals surface area contributed by atoms with Gasteiger partial charge in [0.05, 0.1) is 16.5 Å². The van der Waals surface area contributed by atoms with Crippen molar-refractivity contribution >= 4 is 34.3 Å². The number of anilines is 1. The van der Waals surface area contributed by atoms with Crippen molar-refractivity contribution in [2.45, 2.75) is 39.3 Å². The summed E-state index contributed by atoms with van der Waals surface area (Å²) >= 11 is 0. The molecule has 1 aliphatic rings. The molecule has 31 heavy (non-hydrogen) atoms. The highest BCUT2D eigenvalue weighted by molar-refractivity contribution is 6.02. The topological polar surface area (TPSA) is 107 Å². The van der Waals surface area contributed by atoms with E-state index < -0.39 is 12.1 Å². The minimum absolute atomic E-state index is 0.108. The highest BCUT2D eigenvalue weighted by Crippen LogP contribution is 2.18. The summed E-state index contributed by atoms with van der Waals surface area (Å²) in [5.74, 6) is -0.522. The first-order chi connectivity index (χ1) is 14.8. The van der Waals surface area contributed by atoms with Gasteiger partial charge in [0, 0.05) is 31.1 Å². The van der Waals surface area contributed by atoms with E-state index >= 15 is 0 Å². The van der Waals surface area contributed by atoms with Gasteiger partial charge in [-0.25, -0.2) is 9.78 Å². The number of benzene rings is 2. The first-order valence-corrected chi connectivity index (χ1v) is 10.00. The second-order valence-electron chi connectivity index (χ2n) is 7.49. The van der Waals surface area contributed by atoms with E-state index in [0.29, 0.717) is 34.5 Å². The maximum absolute atomic E-state index is 12.6. The number of aryl methyl sites for hydroxylation is 1.